The highest BCUT2D eigenvalue weighted by atomic mass is 32.1. The number of carbonyl (C=O) groups excluding carboxylic acids is 1. The Morgan fingerprint density at radius 2 is 2.11 bits per heavy atom. The van der Waals surface area contributed by atoms with Crippen LogP contribution in [0.15, 0.2) is 18.5 Å². The van der Waals surface area contributed by atoms with Crippen molar-refractivity contribution in [3.63, 3.8) is 0 Å². The van der Waals surface area contributed by atoms with E-state index < -0.39 is 0 Å². The number of carbonyl (C=O) groups is 1. The van der Waals surface area contributed by atoms with Gasteiger partial charge in [0.05, 0.1) is 11.8 Å². The first-order chi connectivity index (χ1) is 9.22. The summed E-state index contributed by atoms with van der Waals surface area (Å²) < 4.78 is 10.6. The Hall–Kier alpha value is -1.46. The summed E-state index contributed by atoms with van der Waals surface area (Å²) in [5.41, 5.74) is 1.08. The van der Waals surface area contributed by atoms with Crippen molar-refractivity contribution in [2.45, 2.75) is 19.8 Å². The van der Waals surface area contributed by atoms with Crippen LogP contribution in [0.1, 0.15) is 28.1 Å². The maximum atomic E-state index is 11.3. The third-order valence-corrected chi connectivity index (χ3v) is 3.91. The number of aromatic nitrogens is 1. The highest BCUT2D eigenvalue weighted by molar-refractivity contribution is 7.20. The van der Waals surface area contributed by atoms with Crippen LogP contribution < -0.4 is 0 Å². The van der Waals surface area contributed by atoms with Gasteiger partial charge in [0.2, 0.25) is 0 Å². The van der Waals surface area contributed by atoms with E-state index in [2.05, 4.69) is 9.72 Å². The SMILES string of the molecule is C1CCOC1.COC(=O)c1cc2c(C)cncc2s1. The zero-order valence-electron chi connectivity index (χ0n) is 11.1. The lowest BCUT2D eigenvalue weighted by atomic mass is 10.2. The molecule has 102 valence electrons. The third-order valence-electron chi connectivity index (χ3n) is 2.86. The fraction of sp³-hybridized carbons (Fsp3) is 0.429. The summed E-state index contributed by atoms with van der Waals surface area (Å²) in [7, 11) is 1.39. The van der Waals surface area contributed by atoms with Crippen LogP contribution in [0.3, 0.4) is 0 Å². The van der Waals surface area contributed by atoms with Gasteiger partial charge in [0, 0.05) is 25.6 Å². The summed E-state index contributed by atoms with van der Waals surface area (Å²) in [6.45, 7) is 3.98. The van der Waals surface area contributed by atoms with Crippen molar-refractivity contribution in [3.8, 4) is 0 Å². The van der Waals surface area contributed by atoms with E-state index in [4.69, 9.17) is 4.74 Å². The smallest absolute Gasteiger partial charge is 0.348 e. The summed E-state index contributed by atoms with van der Waals surface area (Å²) in [6, 6.07) is 1.85. The second kappa shape index (κ2) is 6.63. The van der Waals surface area contributed by atoms with E-state index in [1.165, 1.54) is 31.3 Å². The minimum Gasteiger partial charge on any atom is -0.465 e. The average molecular weight is 279 g/mol. The highest BCUT2D eigenvalue weighted by Crippen LogP contribution is 2.27. The van der Waals surface area contributed by atoms with Crippen molar-refractivity contribution in [1.29, 1.82) is 0 Å². The van der Waals surface area contributed by atoms with Gasteiger partial charge >= 0.3 is 5.97 Å². The molecule has 1 aliphatic heterocycles. The van der Waals surface area contributed by atoms with Gasteiger partial charge < -0.3 is 9.47 Å². The molecule has 0 amide bonds. The maximum Gasteiger partial charge on any atom is 0.348 e. The van der Waals surface area contributed by atoms with Gasteiger partial charge in [-0.05, 0) is 36.8 Å². The normalized spacial score (nSPS) is 14.0. The zero-order valence-corrected chi connectivity index (χ0v) is 12.0. The predicted octanol–water partition coefficient (Wildman–Crippen LogP) is 3.19. The molecule has 19 heavy (non-hydrogen) atoms. The van der Waals surface area contributed by atoms with Gasteiger partial charge in [-0.2, -0.15) is 0 Å². The fourth-order valence-electron chi connectivity index (χ4n) is 1.81. The fourth-order valence-corrected chi connectivity index (χ4v) is 2.83. The van der Waals surface area contributed by atoms with E-state index in [-0.39, 0.29) is 5.97 Å². The first-order valence-corrected chi connectivity index (χ1v) is 7.04. The number of ether oxygens (including phenoxy) is 2. The van der Waals surface area contributed by atoms with Gasteiger partial charge in [0.25, 0.3) is 0 Å². The molecule has 1 saturated heterocycles. The molecule has 1 fully saturated rings. The number of esters is 1. The van der Waals surface area contributed by atoms with Gasteiger partial charge in [-0.25, -0.2) is 4.79 Å². The Balaban J connectivity index is 0.000000224. The molecule has 4 nitrogen and oxygen atoms in total. The summed E-state index contributed by atoms with van der Waals surface area (Å²) in [5.74, 6) is -0.286. The monoisotopic (exact) mass is 279 g/mol. The molecule has 0 spiro atoms. The lowest BCUT2D eigenvalue weighted by Gasteiger charge is -1.91. The molecule has 3 heterocycles. The molecule has 0 saturated carbocycles. The number of hydrogen-bond donors (Lipinski definition) is 0. The van der Waals surface area contributed by atoms with Gasteiger partial charge in [0.15, 0.2) is 0 Å². The third kappa shape index (κ3) is 3.52. The minimum atomic E-state index is -0.286. The van der Waals surface area contributed by atoms with Crippen molar-refractivity contribution in [1.82, 2.24) is 4.98 Å². The van der Waals surface area contributed by atoms with Crippen molar-refractivity contribution in [3.05, 3.63) is 28.9 Å². The topological polar surface area (TPSA) is 48.4 Å². The first kappa shape index (κ1) is 14.0. The number of thiophene rings is 1. The Morgan fingerprint density at radius 1 is 1.37 bits per heavy atom. The molecule has 0 aromatic carbocycles. The largest absolute Gasteiger partial charge is 0.465 e. The molecular formula is C14H17NO3S. The van der Waals surface area contributed by atoms with Crippen LogP contribution in [0.4, 0.5) is 0 Å². The van der Waals surface area contributed by atoms with E-state index in [9.17, 15) is 4.79 Å². The second-order valence-corrected chi connectivity index (χ2v) is 5.37. The molecule has 2 aromatic heterocycles. The van der Waals surface area contributed by atoms with E-state index in [1.54, 1.807) is 12.4 Å². The van der Waals surface area contributed by atoms with Crippen LogP contribution in [0.5, 0.6) is 0 Å². The number of methoxy groups -OCH3 is 1. The van der Waals surface area contributed by atoms with Crippen molar-refractivity contribution in [2.24, 2.45) is 0 Å². The standard InChI is InChI=1S/C10H9NO2S.C4H8O/c1-6-4-11-5-9-7(6)3-8(14-9)10(12)13-2;1-2-4-5-3-1/h3-5H,1-2H3;1-4H2. The Kier molecular flexibility index (Phi) is 4.87. The Bertz CT molecular complexity index is 553. The predicted molar refractivity (Wildman–Crippen MR) is 75.7 cm³/mol. The van der Waals surface area contributed by atoms with Crippen LogP contribution in [-0.4, -0.2) is 31.3 Å². The van der Waals surface area contributed by atoms with E-state index in [0.29, 0.717) is 4.88 Å². The maximum absolute atomic E-state index is 11.3. The molecule has 5 heteroatoms. The molecule has 0 aliphatic carbocycles. The number of aryl methyl sites for hydroxylation is 1. The van der Waals surface area contributed by atoms with Crippen LogP contribution in [0.2, 0.25) is 0 Å². The van der Waals surface area contributed by atoms with Gasteiger partial charge in [0.1, 0.15) is 4.88 Å². The van der Waals surface area contributed by atoms with Crippen LogP contribution in [-0.2, 0) is 9.47 Å². The minimum absolute atomic E-state index is 0.286. The molecule has 0 atom stereocenters. The van der Waals surface area contributed by atoms with Crippen LogP contribution in [0, 0.1) is 6.92 Å². The summed E-state index contributed by atoms with van der Waals surface area (Å²) in [6.07, 6.45) is 6.11. The number of nitrogens with zero attached hydrogens (tertiary/aromatic N) is 1. The number of rotatable bonds is 1. The molecule has 2 aromatic rings. The molecule has 0 bridgehead atoms. The molecule has 0 unspecified atom stereocenters. The van der Waals surface area contributed by atoms with E-state index in [1.807, 2.05) is 13.0 Å². The Morgan fingerprint density at radius 3 is 2.63 bits per heavy atom. The Labute approximate surface area is 116 Å². The lowest BCUT2D eigenvalue weighted by molar-refractivity contribution is 0.0606. The number of pyridine rings is 1. The highest BCUT2D eigenvalue weighted by Gasteiger charge is 2.11. The molecule has 0 radical (unpaired) electrons. The first-order valence-electron chi connectivity index (χ1n) is 6.22. The van der Waals surface area contributed by atoms with Gasteiger partial charge in [-0.1, -0.05) is 0 Å². The summed E-state index contributed by atoms with van der Waals surface area (Å²) in [5, 5.41) is 1.07. The number of hydrogen-bond acceptors (Lipinski definition) is 5. The van der Waals surface area contributed by atoms with E-state index >= 15 is 0 Å². The van der Waals surface area contributed by atoms with Gasteiger partial charge in [-0.15, -0.1) is 11.3 Å². The molecule has 3 rings (SSSR count). The lowest BCUT2D eigenvalue weighted by Crippen LogP contribution is -1.96. The molecule has 1 aliphatic rings. The van der Waals surface area contributed by atoms with Crippen LogP contribution >= 0.6 is 11.3 Å². The van der Waals surface area contributed by atoms with Crippen molar-refractivity contribution >= 4 is 27.4 Å². The van der Waals surface area contributed by atoms with E-state index in [0.717, 1.165) is 28.9 Å². The molecule has 0 N–H and O–H groups in total. The molecular weight excluding hydrogens is 262 g/mol. The second-order valence-electron chi connectivity index (χ2n) is 4.29. The van der Waals surface area contributed by atoms with Crippen molar-refractivity contribution < 1.29 is 14.3 Å². The van der Waals surface area contributed by atoms with Gasteiger partial charge in [-0.3, -0.25) is 4.98 Å². The summed E-state index contributed by atoms with van der Waals surface area (Å²) in [4.78, 5) is 16.0. The summed E-state index contributed by atoms with van der Waals surface area (Å²) >= 11 is 1.41. The number of fused-ring (bicyclic) bond motifs is 1. The zero-order chi connectivity index (χ0) is 13.7. The van der Waals surface area contributed by atoms with Crippen LogP contribution in [0.25, 0.3) is 10.1 Å². The van der Waals surface area contributed by atoms with Crippen molar-refractivity contribution in [2.75, 3.05) is 20.3 Å². The quantitative estimate of drug-likeness (QED) is 0.752. The average Bonchev–Trinajstić information content (AvgIpc) is 3.10.